The molecule has 7 aromatic carbocycles. The van der Waals surface area contributed by atoms with Crippen LogP contribution in [0.5, 0.6) is 0 Å². The fourth-order valence-corrected chi connectivity index (χ4v) is 8.63. The van der Waals surface area contributed by atoms with Crippen LogP contribution >= 0.6 is 0 Å². The zero-order valence-corrected chi connectivity index (χ0v) is 38.5. The van der Waals surface area contributed by atoms with Crippen LogP contribution in [-0.2, 0) is 20.4 Å². The molecule has 0 spiro atoms. The minimum absolute atomic E-state index is 0.0169. The summed E-state index contributed by atoms with van der Waals surface area (Å²) < 4.78 is 0. The van der Waals surface area contributed by atoms with Crippen LogP contribution in [-0.4, -0.2) is 11.6 Å². The molecule has 9 rings (SSSR count). The van der Waals surface area contributed by atoms with Gasteiger partial charge >= 0.3 is 0 Å². The molecule has 0 N–H and O–H groups in total. The van der Waals surface area contributed by atoms with Gasteiger partial charge in [0.25, 0.3) is 0 Å². The van der Waals surface area contributed by atoms with E-state index in [1.165, 1.54) is 11.1 Å². The number of carbonyl (C=O) groups is 2. The molecule has 0 aliphatic heterocycles. The first-order valence-electron chi connectivity index (χ1n) is 22.8. The third kappa shape index (κ3) is 9.72. The average molecular weight is 883 g/mol. The Hall–Kier alpha value is -8.48. The highest BCUT2D eigenvalue weighted by molar-refractivity contribution is 6.44. The Morgan fingerprint density at radius 1 is 0.324 bits per heavy atom. The minimum Gasteiger partial charge on any atom is -0.289 e. The normalized spacial score (nSPS) is 14.4. The van der Waals surface area contributed by atoms with Gasteiger partial charge in [-0.2, -0.15) is 20.5 Å². The lowest BCUT2D eigenvalue weighted by molar-refractivity contribution is -0.109. The molecule has 0 saturated carbocycles. The average Bonchev–Trinajstić information content (AvgIpc) is 3.38. The van der Waals surface area contributed by atoms with E-state index in [4.69, 9.17) is 0 Å². The van der Waals surface area contributed by atoms with Gasteiger partial charge in [0, 0.05) is 33.1 Å². The Balaban J connectivity index is 0.871. The molecule has 0 heterocycles. The highest BCUT2D eigenvalue weighted by Crippen LogP contribution is 2.38. The molecule has 6 heteroatoms. The molecular formula is C62H50N4O2. The molecule has 2 aliphatic rings. The maximum atomic E-state index is 13.6. The third-order valence-corrected chi connectivity index (χ3v) is 12.8. The number of ketones is 2. The fourth-order valence-electron chi connectivity index (χ4n) is 8.63. The number of rotatable bonds is 12. The van der Waals surface area contributed by atoms with Gasteiger partial charge in [0.1, 0.15) is 0 Å². The summed E-state index contributed by atoms with van der Waals surface area (Å²) in [6.45, 7) is 8.94. The number of allylic oxidation sites excluding steroid dienone is 10. The fraction of sp³-hybridized carbons (Fsp3) is 0.0968. The molecule has 0 unspecified atom stereocenters. The summed E-state index contributed by atoms with van der Waals surface area (Å²) in [6.07, 6.45) is 10.9. The standard InChI is InChI=1S/C62H50N4O2/c1-61(2,51-29-33-53(34-30-51)65-63-41-43-37-55(45-17-9-5-10-18-45)59(67)56(38-43)46-19-11-6-12-20-46)49-25-27-50(28-26-49)62(3,4)52-31-35-54(36-32-52)66-64-42-44-39-57(47-21-13-7-14-22-47)60(68)58(40-44)48-23-15-8-16-24-48/h5-42H,1-4H3/b65-63+,66-64+. The maximum absolute atomic E-state index is 13.6. The van der Waals surface area contributed by atoms with Crippen LogP contribution < -0.4 is 0 Å². The number of carbonyl (C=O) groups excluding carboxylic acids is 2. The predicted molar refractivity (Wildman–Crippen MR) is 276 cm³/mol. The van der Waals surface area contributed by atoms with E-state index in [1.807, 2.05) is 170 Å². The van der Waals surface area contributed by atoms with Crippen molar-refractivity contribution in [1.82, 2.24) is 0 Å². The molecular weight excluding hydrogens is 833 g/mol. The van der Waals surface area contributed by atoms with Crippen molar-refractivity contribution in [1.29, 1.82) is 0 Å². The predicted octanol–water partition coefficient (Wildman–Crippen LogP) is 15.8. The van der Waals surface area contributed by atoms with Crippen molar-refractivity contribution in [2.45, 2.75) is 38.5 Å². The second kappa shape index (κ2) is 19.5. The van der Waals surface area contributed by atoms with Crippen LogP contribution in [0.2, 0.25) is 0 Å². The summed E-state index contributed by atoms with van der Waals surface area (Å²) in [5, 5.41) is 17.9. The van der Waals surface area contributed by atoms with Gasteiger partial charge in [-0.05, 0) is 104 Å². The Kier molecular flexibility index (Phi) is 12.9. The van der Waals surface area contributed by atoms with Crippen LogP contribution in [0.25, 0.3) is 22.3 Å². The summed E-state index contributed by atoms with van der Waals surface area (Å²) in [6, 6.07) is 64.2. The third-order valence-electron chi connectivity index (χ3n) is 12.8. The summed E-state index contributed by atoms with van der Waals surface area (Å²) in [5.74, 6) is -0.0338. The van der Waals surface area contributed by atoms with E-state index in [0.717, 1.165) is 55.9 Å². The van der Waals surface area contributed by atoms with Crippen molar-refractivity contribution < 1.29 is 9.59 Å². The largest absolute Gasteiger partial charge is 0.289 e. The van der Waals surface area contributed by atoms with Crippen LogP contribution in [0, 0.1) is 0 Å². The Morgan fingerprint density at radius 2 is 0.559 bits per heavy atom. The molecule has 0 aromatic heterocycles. The van der Waals surface area contributed by atoms with Crippen LogP contribution in [0.4, 0.5) is 11.4 Å². The van der Waals surface area contributed by atoms with Gasteiger partial charge in [-0.3, -0.25) is 9.59 Å². The number of hydrogen-bond donors (Lipinski definition) is 0. The molecule has 0 saturated heterocycles. The second-order valence-electron chi connectivity index (χ2n) is 18.0. The SMILES string of the molecule is CC(C)(c1ccc(/N=N/C=C2C=C(c3ccccc3)C(=O)C(c3ccccc3)=C2)cc1)c1ccc(C(C)(C)c2ccc(/N=N/C=C3C=C(c4ccccc4)C(=O)C(c4ccccc4)=C3)cc2)cc1. The first-order chi connectivity index (χ1) is 33.0. The zero-order chi connectivity index (χ0) is 47.1. The molecule has 330 valence electrons. The minimum atomic E-state index is -0.265. The summed E-state index contributed by atoms with van der Waals surface area (Å²) in [5.41, 5.74) is 13.2. The molecule has 0 radical (unpaired) electrons. The van der Waals surface area contributed by atoms with E-state index in [2.05, 4.69) is 96.7 Å². The summed E-state index contributed by atoms with van der Waals surface area (Å²) in [4.78, 5) is 27.2. The van der Waals surface area contributed by atoms with Gasteiger partial charge in [0.05, 0.1) is 23.8 Å². The van der Waals surface area contributed by atoms with Gasteiger partial charge in [-0.15, -0.1) is 0 Å². The van der Waals surface area contributed by atoms with E-state index >= 15 is 0 Å². The second-order valence-corrected chi connectivity index (χ2v) is 18.0. The molecule has 2 aliphatic carbocycles. The van der Waals surface area contributed by atoms with Crippen molar-refractivity contribution >= 4 is 45.2 Å². The Bertz CT molecular complexity index is 2880. The Labute approximate surface area is 398 Å². The lowest BCUT2D eigenvalue weighted by atomic mass is 9.74. The zero-order valence-electron chi connectivity index (χ0n) is 38.5. The number of azo groups is 2. The number of nitrogens with zero attached hydrogens (tertiary/aromatic N) is 4. The molecule has 0 atom stereocenters. The number of hydrogen-bond acceptors (Lipinski definition) is 6. The van der Waals surface area contributed by atoms with Crippen LogP contribution in [0.3, 0.4) is 0 Å². The Morgan fingerprint density at radius 3 is 0.809 bits per heavy atom. The highest BCUT2D eigenvalue weighted by Gasteiger charge is 2.28. The van der Waals surface area contributed by atoms with Gasteiger partial charge in [0.15, 0.2) is 11.6 Å². The molecule has 7 aromatic rings. The van der Waals surface area contributed by atoms with E-state index in [9.17, 15) is 9.59 Å². The van der Waals surface area contributed by atoms with E-state index < -0.39 is 0 Å². The van der Waals surface area contributed by atoms with Gasteiger partial charge in [-0.25, -0.2) is 0 Å². The molecule has 0 amide bonds. The first-order valence-corrected chi connectivity index (χ1v) is 22.8. The smallest absolute Gasteiger partial charge is 0.194 e. The lowest BCUT2D eigenvalue weighted by Crippen LogP contribution is -2.21. The van der Waals surface area contributed by atoms with E-state index in [1.54, 1.807) is 12.4 Å². The maximum Gasteiger partial charge on any atom is 0.194 e. The van der Waals surface area contributed by atoms with Crippen LogP contribution in [0.15, 0.2) is 262 Å². The first kappa shape index (κ1) is 44.7. The molecule has 68 heavy (non-hydrogen) atoms. The highest BCUT2D eigenvalue weighted by atomic mass is 16.1. The molecule has 6 nitrogen and oxygen atoms in total. The van der Waals surface area contributed by atoms with E-state index in [-0.39, 0.29) is 22.4 Å². The van der Waals surface area contributed by atoms with Crippen molar-refractivity contribution in [2.75, 3.05) is 0 Å². The van der Waals surface area contributed by atoms with Gasteiger partial charge in [-0.1, -0.05) is 198 Å². The summed E-state index contributed by atoms with van der Waals surface area (Å²) in [7, 11) is 0. The topological polar surface area (TPSA) is 83.6 Å². The van der Waals surface area contributed by atoms with Crippen LogP contribution in [0.1, 0.15) is 72.2 Å². The monoisotopic (exact) mass is 882 g/mol. The number of benzene rings is 7. The molecule has 0 fully saturated rings. The molecule has 0 bridgehead atoms. The quantitative estimate of drug-likeness (QED) is 0.115. The van der Waals surface area contributed by atoms with Gasteiger partial charge in [0.2, 0.25) is 0 Å². The number of Topliss-reactive ketones (excluding diaryl/α,β-unsaturated/α-hetero) is 2. The van der Waals surface area contributed by atoms with Crippen molar-refractivity contribution in [3.8, 4) is 0 Å². The summed E-state index contributed by atoms with van der Waals surface area (Å²) >= 11 is 0. The van der Waals surface area contributed by atoms with Crippen molar-refractivity contribution in [3.05, 3.63) is 286 Å². The van der Waals surface area contributed by atoms with Gasteiger partial charge < -0.3 is 0 Å². The van der Waals surface area contributed by atoms with E-state index in [0.29, 0.717) is 22.3 Å². The van der Waals surface area contributed by atoms with Crippen molar-refractivity contribution in [2.24, 2.45) is 20.5 Å². The van der Waals surface area contributed by atoms with Crippen molar-refractivity contribution in [3.63, 3.8) is 0 Å². The lowest BCUT2D eigenvalue weighted by Gasteiger charge is -2.29.